The summed E-state index contributed by atoms with van der Waals surface area (Å²) in [5, 5.41) is 14.7. The number of hydrogen-bond acceptors (Lipinski definition) is 5. The van der Waals surface area contributed by atoms with Crippen molar-refractivity contribution >= 4 is 28.6 Å². The Kier molecular flexibility index (Phi) is 4.52. The first-order valence-corrected chi connectivity index (χ1v) is 8.95. The van der Waals surface area contributed by atoms with Crippen LogP contribution in [0.3, 0.4) is 0 Å². The minimum Gasteiger partial charge on any atom is -0.495 e. The molecule has 1 amide bonds. The van der Waals surface area contributed by atoms with Crippen LogP contribution in [0, 0.1) is 12.8 Å². The van der Waals surface area contributed by atoms with E-state index in [1.807, 2.05) is 30.5 Å². The maximum atomic E-state index is 12.6. The summed E-state index contributed by atoms with van der Waals surface area (Å²) in [5.74, 6) is 0.818. The van der Waals surface area contributed by atoms with Crippen LogP contribution in [0.15, 0.2) is 23.6 Å². The maximum Gasteiger partial charge on any atom is 0.265 e. The molecule has 0 aromatic carbocycles. The van der Waals surface area contributed by atoms with Crippen molar-refractivity contribution in [1.82, 2.24) is 5.32 Å². The van der Waals surface area contributed by atoms with Crippen LogP contribution >= 0.6 is 22.7 Å². The van der Waals surface area contributed by atoms with Crippen molar-refractivity contribution in [3.05, 3.63) is 38.2 Å². The molecule has 1 saturated carbocycles. The minimum absolute atomic E-state index is 0.0389. The van der Waals surface area contributed by atoms with E-state index >= 15 is 0 Å². The molecule has 1 atom stereocenters. The molecule has 2 N–H and O–H groups in total. The third-order valence-electron chi connectivity index (χ3n) is 4.00. The molecule has 1 unspecified atom stereocenters. The van der Waals surface area contributed by atoms with Crippen molar-refractivity contribution < 1.29 is 14.6 Å². The highest BCUT2D eigenvalue weighted by Gasteiger charge is 2.36. The number of aliphatic hydroxyl groups excluding tert-OH is 1. The normalized spacial score (nSPS) is 22.0. The second-order valence-corrected chi connectivity index (χ2v) is 7.84. The Morgan fingerprint density at radius 2 is 2.27 bits per heavy atom. The summed E-state index contributed by atoms with van der Waals surface area (Å²) < 4.78 is 5.29. The Hall–Kier alpha value is -1.37. The number of aryl methyl sites for hydroxylation is 1. The summed E-state index contributed by atoms with van der Waals surface area (Å²) in [6.45, 7) is 1.96. The zero-order valence-corrected chi connectivity index (χ0v) is 14.2. The molecule has 1 fully saturated rings. The topological polar surface area (TPSA) is 58.6 Å². The molecule has 118 valence electrons. The van der Waals surface area contributed by atoms with Gasteiger partial charge < -0.3 is 15.2 Å². The predicted molar refractivity (Wildman–Crippen MR) is 88.9 cm³/mol. The fourth-order valence-corrected chi connectivity index (χ4v) is 4.55. The molecule has 2 aromatic heterocycles. The van der Waals surface area contributed by atoms with Crippen LogP contribution in [0.5, 0.6) is 5.75 Å². The quantitative estimate of drug-likeness (QED) is 0.879. The first kappa shape index (κ1) is 15.5. The lowest BCUT2D eigenvalue weighted by Gasteiger charge is -2.37. The molecular weight excluding hydrogens is 318 g/mol. The van der Waals surface area contributed by atoms with Gasteiger partial charge in [0.25, 0.3) is 5.91 Å². The zero-order valence-electron chi connectivity index (χ0n) is 12.5. The van der Waals surface area contributed by atoms with Gasteiger partial charge in [-0.2, -0.15) is 0 Å². The number of nitrogens with one attached hydrogen (secondary N) is 1. The Morgan fingerprint density at radius 1 is 1.50 bits per heavy atom. The van der Waals surface area contributed by atoms with Gasteiger partial charge in [-0.05, 0) is 43.2 Å². The molecule has 2 aromatic rings. The van der Waals surface area contributed by atoms with E-state index < -0.39 is 0 Å². The molecule has 0 saturated heterocycles. The SMILES string of the molecule is COc1cc(C)sc1C(=O)NC(c1cccs1)C1CC(O)C1. The van der Waals surface area contributed by atoms with Crippen molar-refractivity contribution in [2.24, 2.45) is 5.92 Å². The summed E-state index contributed by atoms with van der Waals surface area (Å²) in [5.41, 5.74) is 0. The predicted octanol–water partition coefficient (Wildman–Crippen LogP) is 3.37. The lowest BCUT2D eigenvalue weighted by molar-refractivity contribution is 0.0241. The molecule has 0 radical (unpaired) electrons. The van der Waals surface area contributed by atoms with Gasteiger partial charge in [0.15, 0.2) is 0 Å². The zero-order chi connectivity index (χ0) is 15.7. The Labute approximate surface area is 137 Å². The minimum atomic E-state index is -0.233. The van der Waals surface area contributed by atoms with E-state index in [1.54, 1.807) is 18.4 Å². The molecule has 6 heteroatoms. The monoisotopic (exact) mass is 337 g/mol. The van der Waals surface area contributed by atoms with Crippen LogP contribution in [-0.2, 0) is 0 Å². The molecule has 1 aliphatic rings. The van der Waals surface area contributed by atoms with Gasteiger partial charge in [-0.1, -0.05) is 6.07 Å². The highest BCUT2D eigenvalue weighted by atomic mass is 32.1. The van der Waals surface area contributed by atoms with Gasteiger partial charge in [-0.25, -0.2) is 0 Å². The van der Waals surface area contributed by atoms with E-state index in [2.05, 4.69) is 5.32 Å². The lowest BCUT2D eigenvalue weighted by Crippen LogP contribution is -2.41. The average molecular weight is 337 g/mol. The van der Waals surface area contributed by atoms with Gasteiger partial charge in [0.1, 0.15) is 10.6 Å². The van der Waals surface area contributed by atoms with Crippen molar-refractivity contribution in [3.63, 3.8) is 0 Å². The standard InChI is InChI=1S/C16H19NO3S2/c1-9-6-12(20-2)15(22-9)16(19)17-14(10-7-11(18)8-10)13-4-3-5-21-13/h3-6,10-11,14,18H,7-8H2,1-2H3,(H,17,19). The Balaban J connectivity index is 1.79. The van der Waals surface area contributed by atoms with E-state index in [0.717, 1.165) is 22.6 Å². The third kappa shape index (κ3) is 3.04. The van der Waals surface area contributed by atoms with Crippen molar-refractivity contribution in [2.45, 2.75) is 31.9 Å². The molecule has 22 heavy (non-hydrogen) atoms. The smallest absolute Gasteiger partial charge is 0.265 e. The molecule has 0 aliphatic heterocycles. The van der Waals surface area contributed by atoms with Crippen LogP contribution in [0.25, 0.3) is 0 Å². The summed E-state index contributed by atoms with van der Waals surface area (Å²) >= 11 is 3.08. The van der Waals surface area contributed by atoms with Crippen molar-refractivity contribution in [3.8, 4) is 5.75 Å². The second kappa shape index (κ2) is 6.40. The van der Waals surface area contributed by atoms with Gasteiger partial charge in [0.05, 0.1) is 19.3 Å². The van der Waals surface area contributed by atoms with Crippen LogP contribution in [0.1, 0.15) is 38.3 Å². The van der Waals surface area contributed by atoms with E-state index in [-0.39, 0.29) is 18.1 Å². The van der Waals surface area contributed by atoms with Crippen LogP contribution < -0.4 is 10.1 Å². The highest BCUT2D eigenvalue weighted by Crippen LogP contribution is 2.40. The third-order valence-corrected chi connectivity index (χ3v) is 5.99. The number of hydrogen-bond donors (Lipinski definition) is 2. The fraction of sp³-hybridized carbons (Fsp3) is 0.438. The van der Waals surface area contributed by atoms with Crippen LogP contribution in [-0.4, -0.2) is 24.2 Å². The summed E-state index contributed by atoms with van der Waals surface area (Å²) in [6.07, 6.45) is 1.25. The molecule has 1 aliphatic carbocycles. The number of amides is 1. The van der Waals surface area contributed by atoms with Crippen molar-refractivity contribution in [1.29, 1.82) is 0 Å². The number of ether oxygens (including phenoxy) is 1. The molecule has 4 nitrogen and oxygen atoms in total. The molecule has 2 heterocycles. The van der Waals surface area contributed by atoms with E-state index in [9.17, 15) is 9.90 Å². The summed E-state index contributed by atoms with van der Waals surface area (Å²) in [4.78, 5) is 15.4. The Bertz CT molecular complexity index is 644. The number of aliphatic hydroxyl groups is 1. The maximum absolute atomic E-state index is 12.6. The lowest BCUT2D eigenvalue weighted by atomic mass is 9.76. The largest absolute Gasteiger partial charge is 0.495 e. The van der Waals surface area contributed by atoms with Gasteiger partial charge >= 0.3 is 0 Å². The second-order valence-electron chi connectivity index (χ2n) is 5.61. The average Bonchev–Trinajstić information content (AvgIpc) is 3.10. The van der Waals surface area contributed by atoms with Gasteiger partial charge in [-0.15, -0.1) is 22.7 Å². The van der Waals surface area contributed by atoms with E-state index in [4.69, 9.17) is 4.74 Å². The number of carbonyl (C=O) groups excluding carboxylic acids is 1. The van der Waals surface area contributed by atoms with Gasteiger partial charge in [-0.3, -0.25) is 4.79 Å². The molecule has 3 rings (SSSR count). The van der Waals surface area contributed by atoms with E-state index in [1.165, 1.54) is 11.3 Å². The number of methoxy groups -OCH3 is 1. The molecular formula is C16H19NO3S2. The Morgan fingerprint density at radius 3 is 2.86 bits per heavy atom. The van der Waals surface area contributed by atoms with Gasteiger partial charge in [0, 0.05) is 9.75 Å². The summed E-state index contributed by atoms with van der Waals surface area (Å²) in [7, 11) is 1.58. The van der Waals surface area contributed by atoms with E-state index in [0.29, 0.717) is 16.5 Å². The van der Waals surface area contributed by atoms with Crippen LogP contribution in [0.4, 0.5) is 0 Å². The first-order valence-electron chi connectivity index (χ1n) is 7.25. The van der Waals surface area contributed by atoms with Crippen LogP contribution in [0.2, 0.25) is 0 Å². The van der Waals surface area contributed by atoms with Gasteiger partial charge in [0.2, 0.25) is 0 Å². The number of carbonyl (C=O) groups is 1. The highest BCUT2D eigenvalue weighted by molar-refractivity contribution is 7.14. The molecule has 0 bridgehead atoms. The first-order chi connectivity index (χ1) is 10.6. The van der Waals surface area contributed by atoms with Crippen molar-refractivity contribution in [2.75, 3.05) is 7.11 Å². The summed E-state index contributed by atoms with van der Waals surface area (Å²) in [6, 6.07) is 5.87. The molecule has 0 spiro atoms. The number of rotatable bonds is 5. The fourth-order valence-electron chi connectivity index (χ4n) is 2.80. The number of thiophene rings is 2.